The molecule has 0 radical (unpaired) electrons. The van der Waals surface area contributed by atoms with Crippen LogP contribution in [0.25, 0.3) is 16.9 Å². The van der Waals surface area contributed by atoms with E-state index < -0.39 is 30.1 Å². The quantitative estimate of drug-likeness (QED) is 0.298. The second-order valence-corrected chi connectivity index (χ2v) is 10.9. The highest BCUT2D eigenvalue weighted by atomic mass is 35.5. The minimum atomic E-state index is -1.34. The van der Waals surface area contributed by atoms with E-state index in [0.29, 0.717) is 47.2 Å². The Labute approximate surface area is 221 Å². The number of hydrogen-bond donors (Lipinski definition) is 3. The number of imidazole rings is 1. The molecule has 4 aliphatic rings. The van der Waals surface area contributed by atoms with Gasteiger partial charge in [-0.2, -0.15) is 5.10 Å². The molecule has 1 amide bonds. The number of alkyl halides is 1. The number of H-pyrrole nitrogens is 1. The predicted molar refractivity (Wildman–Crippen MR) is 136 cm³/mol. The van der Waals surface area contributed by atoms with Crippen LogP contribution in [0.3, 0.4) is 0 Å². The lowest BCUT2D eigenvalue weighted by molar-refractivity contribution is -0.0532. The van der Waals surface area contributed by atoms with Gasteiger partial charge < -0.3 is 15.4 Å². The summed E-state index contributed by atoms with van der Waals surface area (Å²) in [5, 5.41) is 13.3. The number of anilines is 2. The molecule has 196 valence electrons. The number of amides is 1. The smallest absolute Gasteiger partial charge is 0.407 e. The first-order chi connectivity index (χ1) is 18.4. The maximum absolute atomic E-state index is 15.3. The largest absolute Gasteiger partial charge is 0.443 e. The minimum absolute atomic E-state index is 0.00419. The zero-order valence-electron chi connectivity index (χ0n) is 20.1. The summed E-state index contributed by atoms with van der Waals surface area (Å²) in [6, 6.07) is 7.88. The van der Waals surface area contributed by atoms with E-state index in [1.807, 2.05) is 0 Å². The van der Waals surface area contributed by atoms with E-state index in [1.54, 1.807) is 35.0 Å². The van der Waals surface area contributed by atoms with Gasteiger partial charge >= 0.3 is 6.09 Å². The van der Waals surface area contributed by atoms with Crippen LogP contribution in [0, 0.1) is 11.7 Å². The fraction of sp³-hybridized carbons (Fsp3) is 0.385. The molecule has 4 saturated carbocycles. The van der Waals surface area contributed by atoms with Gasteiger partial charge in [-0.25, -0.2) is 23.5 Å². The zero-order valence-corrected chi connectivity index (χ0v) is 20.9. The summed E-state index contributed by atoms with van der Waals surface area (Å²) >= 11 is 5.97. The molecule has 0 aliphatic heterocycles. The average molecular weight is 540 g/mol. The number of benzene rings is 1. The molecule has 38 heavy (non-hydrogen) atoms. The van der Waals surface area contributed by atoms with Crippen LogP contribution in [0.15, 0.2) is 42.7 Å². The van der Waals surface area contributed by atoms with E-state index in [2.05, 4.69) is 30.8 Å². The molecule has 0 saturated heterocycles. The molecule has 0 spiro atoms. The van der Waals surface area contributed by atoms with Gasteiger partial charge in [0.05, 0.1) is 10.7 Å². The van der Waals surface area contributed by atoms with E-state index >= 15 is 4.39 Å². The van der Waals surface area contributed by atoms with Crippen LogP contribution in [0.2, 0.25) is 5.02 Å². The van der Waals surface area contributed by atoms with Crippen LogP contribution in [-0.2, 0) is 4.74 Å². The molecular formula is C26H24ClF2N7O2. The summed E-state index contributed by atoms with van der Waals surface area (Å²) < 4.78 is 36.2. The number of carbonyl (C=O) groups excluding carboxylic acids is 1. The number of alkyl carbamates (subject to hydrolysis) is 1. The second-order valence-electron chi connectivity index (χ2n) is 10.5. The molecule has 3 heterocycles. The topological polar surface area (TPSA) is 109 Å². The predicted octanol–water partition coefficient (Wildman–Crippen LogP) is 5.52. The first-order valence-electron chi connectivity index (χ1n) is 12.6. The summed E-state index contributed by atoms with van der Waals surface area (Å²) in [6.07, 6.45) is 4.68. The summed E-state index contributed by atoms with van der Waals surface area (Å²) in [5.41, 5.74) is 2.29. The van der Waals surface area contributed by atoms with Gasteiger partial charge in [-0.3, -0.25) is 9.50 Å². The van der Waals surface area contributed by atoms with Gasteiger partial charge in [0.2, 0.25) is 5.95 Å². The molecule has 3 aromatic heterocycles. The maximum atomic E-state index is 15.3. The van der Waals surface area contributed by atoms with Gasteiger partial charge in [0.1, 0.15) is 23.7 Å². The van der Waals surface area contributed by atoms with Gasteiger partial charge in [-0.05, 0) is 56.2 Å². The highest BCUT2D eigenvalue weighted by Crippen LogP contribution is 2.57. The summed E-state index contributed by atoms with van der Waals surface area (Å²) in [4.78, 5) is 21.3. The zero-order chi connectivity index (χ0) is 26.0. The molecular weight excluding hydrogens is 516 g/mol. The van der Waals surface area contributed by atoms with E-state index in [1.165, 1.54) is 12.1 Å². The third-order valence-electron chi connectivity index (χ3n) is 8.01. The lowest BCUT2D eigenvalue weighted by Crippen LogP contribution is -2.68. The van der Waals surface area contributed by atoms with Crippen molar-refractivity contribution < 1.29 is 18.3 Å². The minimum Gasteiger partial charge on any atom is -0.443 e. The number of halogens is 3. The molecule has 3 atom stereocenters. The number of aromatic amines is 1. The van der Waals surface area contributed by atoms with Gasteiger partial charge in [-0.15, -0.1) is 0 Å². The molecule has 3 N–H and O–H groups in total. The van der Waals surface area contributed by atoms with Crippen molar-refractivity contribution in [1.29, 1.82) is 0 Å². The van der Waals surface area contributed by atoms with Crippen molar-refractivity contribution in [3.8, 4) is 11.3 Å². The normalized spacial score (nSPS) is 27.6. The first-order valence-corrected chi connectivity index (χ1v) is 13.0. The number of ether oxygens (including phenoxy) is 1. The number of rotatable bonds is 6. The number of nitrogens with zero attached hydrogens (tertiary/aromatic N) is 4. The van der Waals surface area contributed by atoms with Crippen LogP contribution >= 0.6 is 11.6 Å². The van der Waals surface area contributed by atoms with Crippen LogP contribution in [0.5, 0.6) is 0 Å². The highest BCUT2D eigenvalue weighted by molar-refractivity contribution is 6.31. The molecule has 4 aromatic rings. The van der Waals surface area contributed by atoms with Crippen LogP contribution in [0.1, 0.15) is 43.7 Å². The third-order valence-corrected chi connectivity index (χ3v) is 8.30. The number of aromatic nitrogens is 5. The first kappa shape index (κ1) is 23.4. The number of nitrogens with one attached hydrogen (secondary N) is 3. The Hall–Kier alpha value is -3.73. The fourth-order valence-corrected chi connectivity index (χ4v) is 6.09. The molecule has 4 aliphatic carbocycles. The van der Waals surface area contributed by atoms with Gasteiger partial charge in [0, 0.05) is 47.2 Å². The SMILES string of the molecule is O=C(NC12CC(C1)C2)O[C@H]1CC[C@@H](c2cc(Nc3nc(-c4ccc(F)c(Cl)c4)cc4nccn34)n[nH]2)[C@H]1F. The van der Waals surface area contributed by atoms with Gasteiger partial charge in [-0.1, -0.05) is 11.6 Å². The van der Waals surface area contributed by atoms with E-state index in [9.17, 15) is 9.18 Å². The Morgan fingerprint density at radius 1 is 1.21 bits per heavy atom. The van der Waals surface area contributed by atoms with Gasteiger partial charge in [0.15, 0.2) is 5.82 Å². The van der Waals surface area contributed by atoms with Crippen LogP contribution in [0.4, 0.5) is 25.3 Å². The third kappa shape index (κ3) is 3.96. The fourth-order valence-electron chi connectivity index (χ4n) is 5.91. The van der Waals surface area contributed by atoms with Crippen molar-refractivity contribution in [3.05, 3.63) is 59.3 Å². The van der Waals surface area contributed by atoms with Crippen LogP contribution in [-0.4, -0.2) is 48.5 Å². The Balaban J connectivity index is 1.07. The molecule has 9 nitrogen and oxygen atoms in total. The van der Waals surface area contributed by atoms with Crippen molar-refractivity contribution in [2.45, 2.75) is 55.8 Å². The lowest BCUT2D eigenvalue weighted by atomic mass is 9.50. The Morgan fingerprint density at radius 3 is 2.82 bits per heavy atom. The number of carbonyl (C=O) groups is 1. The molecule has 12 heteroatoms. The molecule has 1 aromatic carbocycles. The summed E-state index contributed by atoms with van der Waals surface area (Å²) in [6.45, 7) is 0. The monoisotopic (exact) mass is 539 g/mol. The molecule has 8 rings (SSSR count). The van der Waals surface area contributed by atoms with E-state index in [4.69, 9.17) is 16.3 Å². The van der Waals surface area contributed by atoms with Crippen molar-refractivity contribution in [2.75, 3.05) is 5.32 Å². The van der Waals surface area contributed by atoms with Gasteiger partial charge in [0.25, 0.3) is 0 Å². The lowest BCUT2D eigenvalue weighted by Gasteiger charge is -2.61. The molecule has 2 bridgehead atoms. The van der Waals surface area contributed by atoms with Crippen molar-refractivity contribution in [2.24, 2.45) is 5.92 Å². The number of hydrogen-bond acceptors (Lipinski definition) is 6. The highest BCUT2D eigenvalue weighted by Gasteiger charge is 2.58. The van der Waals surface area contributed by atoms with E-state index in [0.717, 1.165) is 25.2 Å². The molecule has 0 unspecified atom stereocenters. The van der Waals surface area contributed by atoms with Crippen molar-refractivity contribution in [3.63, 3.8) is 0 Å². The molecule has 4 fully saturated rings. The standard InChI is InChI=1S/C26H24ClF2N7O2/c27-16-7-14(1-3-17(16)28)18-9-22-30-5-6-36(22)24(31-18)32-21-8-19(34-35-21)15-2-4-20(23(15)29)38-25(37)33-26-10-13(11-26)12-26/h1,3,5-9,13,15,20,23H,2,4,10-12H2,(H,33,37)(H2,31,32,34,35)/t13?,15-,20-,23+,26?/m0/s1. The maximum Gasteiger partial charge on any atom is 0.407 e. The van der Waals surface area contributed by atoms with Crippen molar-refractivity contribution >= 4 is 35.1 Å². The summed E-state index contributed by atoms with van der Waals surface area (Å²) in [5.74, 6) is 0.602. The van der Waals surface area contributed by atoms with Crippen LogP contribution < -0.4 is 10.6 Å². The Kier molecular flexibility index (Phi) is 5.33. The Bertz CT molecular complexity index is 1540. The number of fused-ring (bicyclic) bond motifs is 1. The Morgan fingerprint density at radius 2 is 2.05 bits per heavy atom. The summed E-state index contributed by atoms with van der Waals surface area (Å²) in [7, 11) is 0. The second kappa shape index (κ2) is 8.65. The van der Waals surface area contributed by atoms with E-state index in [-0.39, 0.29) is 10.6 Å². The van der Waals surface area contributed by atoms with Crippen molar-refractivity contribution in [1.82, 2.24) is 29.9 Å². The average Bonchev–Trinajstić information content (AvgIpc) is 3.58.